The lowest BCUT2D eigenvalue weighted by atomic mass is 9.95. The van der Waals surface area contributed by atoms with Crippen LogP contribution >= 0.6 is 11.3 Å². The first kappa shape index (κ1) is 19.5. The molecule has 1 aromatic heterocycles. The highest BCUT2D eigenvalue weighted by Crippen LogP contribution is 2.42. The summed E-state index contributed by atoms with van der Waals surface area (Å²) in [6.07, 6.45) is 1.57. The summed E-state index contributed by atoms with van der Waals surface area (Å²) in [7, 11) is 1.42. The second-order valence-corrected chi connectivity index (χ2v) is 7.94. The number of amides is 1. The summed E-state index contributed by atoms with van der Waals surface area (Å²) in [4.78, 5) is 28.0. The summed E-state index contributed by atoms with van der Waals surface area (Å²) in [6.45, 7) is 0.892. The average Bonchev–Trinajstić information content (AvgIpc) is 3.47. The molecule has 1 saturated heterocycles. The molecule has 0 bridgehead atoms. The van der Waals surface area contributed by atoms with E-state index in [1.54, 1.807) is 29.6 Å². The smallest absolute Gasteiger partial charge is 0.290 e. The summed E-state index contributed by atoms with van der Waals surface area (Å²) in [6, 6.07) is 7.26. The van der Waals surface area contributed by atoms with Crippen LogP contribution in [0.2, 0.25) is 0 Å². The van der Waals surface area contributed by atoms with Gasteiger partial charge in [-0.25, -0.2) is 0 Å². The molecule has 2 aliphatic heterocycles. The summed E-state index contributed by atoms with van der Waals surface area (Å²) >= 11 is 1.25. The molecule has 2 aliphatic rings. The molecular formula is C21H21NO6S. The third-order valence-electron chi connectivity index (χ3n) is 5.24. The quantitative estimate of drug-likeness (QED) is 0.704. The fraction of sp³-hybridized carbons (Fsp3) is 0.333. The molecule has 2 atom stereocenters. The van der Waals surface area contributed by atoms with Crippen molar-refractivity contribution in [1.29, 1.82) is 0 Å². The molecule has 7 nitrogen and oxygen atoms in total. The molecule has 2 aromatic rings. The molecule has 0 radical (unpaired) electrons. The Morgan fingerprint density at radius 3 is 2.83 bits per heavy atom. The van der Waals surface area contributed by atoms with Crippen LogP contribution in [0.1, 0.15) is 34.1 Å². The number of hydrogen-bond donors (Lipinski definition) is 2. The fourth-order valence-electron chi connectivity index (χ4n) is 3.83. The Labute approximate surface area is 171 Å². The van der Waals surface area contributed by atoms with Gasteiger partial charge in [-0.2, -0.15) is 0 Å². The lowest BCUT2D eigenvalue weighted by Gasteiger charge is -2.29. The van der Waals surface area contributed by atoms with Crippen molar-refractivity contribution in [2.75, 3.05) is 20.3 Å². The fourth-order valence-corrected chi connectivity index (χ4v) is 4.51. The molecule has 1 fully saturated rings. The molecule has 152 valence electrons. The number of nitrogens with zero attached hydrogens (tertiary/aromatic N) is 1. The third-order valence-corrected chi connectivity index (χ3v) is 6.11. The topological polar surface area (TPSA) is 96.3 Å². The maximum Gasteiger partial charge on any atom is 0.290 e. The summed E-state index contributed by atoms with van der Waals surface area (Å²) in [5.74, 6) is -1.36. The zero-order valence-corrected chi connectivity index (χ0v) is 16.6. The van der Waals surface area contributed by atoms with Crippen LogP contribution in [0.25, 0.3) is 0 Å². The SMILES string of the molecule is COc1cc([C@@H]2C(C(=O)c3cccs3)=C(O)C(=O)N2C[C@H]2CCCO2)ccc1O. The molecule has 4 rings (SSSR count). The number of benzene rings is 1. The number of rotatable bonds is 6. The molecule has 29 heavy (non-hydrogen) atoms. The second kappa shape index (κ2) is 7.88. The Balaban J connectivity index is 1.78. The largest absolute Gasteiger partial charge is 0.504 e. The van der Waals surface area contributed by atoms with Gasteiger partial charge in [0.05, 0.1) is 29.7 Å². The molecule has 8 heteroatoms. The third kappa shape index (κ3) is 3.49. The monoisotopic (exact) mass is 415 g/mol. The summed E-state index contributed by atoms with van der Waals surface area (Å²) < 4.78 is 10.9. The molecule has 3 heterocycles. The van der Waals surface area contributed by atoms with E-state index in [9.17, 15) is 19.8 Å². The van der Waals surface area contributed by atoms with Crippen LogP contribution in [0.15, 0.2) is 47.0 Å². The summed E-state index contributed by atoms with van der Waals surface area (Å²) in [5, 5.41) is 22.4. The molecule has 0 aliphatic carbocycles. The van der Waals surface area contributed by atoms with Crippen molar-refractivity contribution >= 4 is 23.0 Å². The van der Waals surface area contributed by atoms with E-state index in [0.29, 0.717) is 17.0 Å². The first-order valence-electron chi connectivity index (χ1n) is 9.32. The maximum atomic E-state index is 13.2. The highest BCUT2D eigenvalue weighted by molar-refractivity contribution is 7.12. The van der Waals surface area contributed by atoms with Gasteiger partial charge in [-0.15, -0.1) is 11.3 Å². The predicted molar refractivity (Wildman–Crippen MR) is 106 cm³/mol. The minimum Gasteiger partial charge on any atom is -0.504 e. The van der Waals surface area contributed by atoms with Gasteiger partial charge in [-0.05, 0) is 42.0 Å². The van der Waals surface area contributed by atoms with Crippen molar-refractivity contribution in [2.24, 2.45) is 0 Å². The molecule has 0 spiro atoms. The lowest BCUT2D eigenvalue weighted by molar-refractivity contribution is -0.131. The van der Waals surface area contributed by atoms with Gasteiger partial charge in [-0.1, -0.05) is 12.1 Å². The van der Waals surface area contributed by atoms with Crippen LogP contribution in [0, 0.1) is 0 Å². The van der Waals surface area contributed by atoms with Crippen LogP contribution in [-0.2, 0) is 9.53 Å². The standard InChI is InChI=1S/C21H21NO6S/c1-27-15-10-12(6-7-14(15)23)18-17(19(24)16-5-3-9-29-16)20(25)21(26)22(18)11-13-4-2-8-28-13/h3,5-7,9-10,13,18,23,25H,2,4,8,11H2,1H3/t13-,18-/m1/s1. The van der Waals surface area contributed by atoms with Crippen molar-refractivity contribution in [3.05, 3.63) is 57.5 Å². The molecular weight excluding hydrogens is 394 g/mol. The van der Waals surface area contributed by atoms with Gasteiger partial charge >= 0.3 is 0 Å². The maximum absolute atomic E-state index is 13.2. The number of carbonyl (C=O) groups excluding carboxylic acids is 2. The van der Waals surface area contributed by atoms with Crippen molar-refractivity contribution in [3.63, 3.8) is 0 Å². The van der Waals surface area contributed by atoms with Crippen LogP contribution in [0.4, 0.5) is 0 Å². The summed E-state index contributed by atoms with van der Waals surface area (Å²) in [5.41, 5.74) is 0.596. The van der Waals surface area contributed by atoms with Gasteiger partial charge in [0, 0.05) is 13.2 Å². The van der Waals surface area contributed by atoms with E-state index in [0.717, 1.165) is 12.8 Å². The van der Waals surface area contributed by atoms with E-state index < -0.39 is 23.5 Å². The zero-order valence-electron chi connectivity index (χ0n) is 15.8. The van der Waals surface area contributed by atoms with Gasteiger partial charge in [0.15, 0.2) is 17.3 Å². The number of phenolic OH excluding ortho intramolecular Hbond substituents is 1. The number of Topliss-reactive ketones (excluding diaryl/α,β-unsaturated/α-hetero) is 1. The normalized spacial score (nSPS) is 21.8. The van der Waals surface area contributed by atoms with E-state index in [2.05, 4.69) is 0 Å². The van der Waals surface area contributed by atoms with Gasteiger partial charge in [0.25, 0.3) is 5.91 Å². The van der Waals surface area contributed by atoms with Crippen molar-refractivity contribution in [3.8, 4) is 11.5 Å². The first-order valence-corrected chi connectivity index (χ1v) is 10.2. The molecule has 1 amide bonds. The molecule has 0 saturated carbocycles. The van der Waals surface area contributed by atoms with Gasteiger partial charge in [-0.3, -0.25) is 9.59 Å². The first-order chi connectivity index (χ1) is 14.0. The lowest BCUT2D eigenvalue weighted by Crippen LogP contribution is -2.37. The van der Waals surface area contributed by atoms with Crippen molar-refractivity contribution in [1.82, 2.24) is 4.90 Å². The molecule has 1 aromatic carbocycles. The van der Waals surface area contributed by atoms with Gasteiger partial charge < -0.3 is 24.6 Å². The number of methoxy groups -OCH3 is 1. The zero-order chi connectivity index (χ0) is 20.5. The van der Waals surface area contributed by atoms with Crippen molar-refractivity contribution < 1.29 is 29.3 Å². The molecule has 0 unspecified atom stereocenters. The number of aliphatic hydroxyl groups is 1. The van der Waals surface area contributed by atoms with Crippen LogP contribution in [-0.4, -0.2) is 53.2 Å². The predicted octanol–water partition coefficient (Wildman–Crippen LogP) is 3.22. The number of aliphatic hydroxyl groups excluding tert-OH is 1. The highest BCUT2D eigenvalue weighted by atomic mass is 32.1. The highest BCUT2D eigenvalue weighted by Gasteiger charge is 2.45. The second-order valence-electron chi connectivity index (χ2n) is 7.00. The number of carbonyl (C=O) groups is 2. The number of thiophene rings is 1. The Kier molecular flexibility index (Phi) is 5.29. The van der Waals surface area contributed by atoms with E-state index in [1.807, 2.05) is 0 Å². The number of aromatic hydroxyl groups is 1. The van der Waals surface area contributed by atoms with E-state index in [4.69, 9.17) is 9.47 Å². The number of ketones is 1. The van der Waals surface area contributed by atoms with Gasteiger partial charge in [0.1, 0.15) is 0 Å². The number of ether oxygens (including phenoxy) is 2. The molecule has 2 N–H and O–H groups in total. The van der Waals surface area contributed by atoms with E-state index in [-0.39, 0.29) is 29.7 Å². The average molecular weight is 415 g/mol. The van der Waals surface area contributed by atoms with E-state index >= 15 is 0 Å². The Bertz CT molecular complexity index is 962. The van der Waals surface area contributed by atoms with E-state index in [1.165, 1.54) is 29.4 Å². The Morgan fingerprint density at radius 1 is 1.34 bits per heavy atom. The van der Waals surface area contributed by atoms with Gasteiger partial charge in [0.2, 0.25) is 5.78 Å². The number of phenols is 1. The van der Waals surface area contributed by atoms with Crippen LogP contribution < -0.4 is 4.74 Å². The Hall–Kier alpha value is -2.84. The number of hydrogen-bond acceptors (Lipinski definition) is 7. The van der Waals surface area contributed by atoms with Crippen LogP contribution in [0.3, 0.4) is 0 Å². The Morgan fingerprint density at radius 2 is 2.17 bits per heavy atom. The minimum absolute atomic E-state index is 0.0307. The van der Waals surface area contributed by atoms with Crippen molar-refractivity contribution in [2.45, 2.75) is 25.0 Å². The minimum atomic E-state index is -0.796. The van der Waals surface area contributed by atoms with Crippen LogP contribution in [0.5, 0.6) is 11.5 Å².